The number of rotatable bonds is 3. The van der Waals surface area contributed by atoms with E-state index < -0.39 is 0 Å². The largest absolute Gasteiger partial charge is 0.206 e. The first-order chi connectivity index (χ1) is 8.20. The predicted octanol–water partition coefficient (Wildman–Crippen LogP) is 2.26. The first kappa shape index (κ1) is 11.7. The number of nitriles is 1. The van der Waals surface area contributed by atoms with E-state index in [2.05, 4.69) is 37.4 Å². The van der Waals surface area contributed by atoms with Gasteiger partial charge in [0.15, 0.2) is 0 Å². The normalized spacial score (nSPS) is 12.1. The quantitative estimate of drug-likeness (QED) is 0.870. The summed E-state index contributed by atoms with van der Waals surface area (Å²) >= 11 is 3.44. The minimum atomic E-state index is -0.128. The maximum atomic E-state index is 8.72. The Bertz CT molecular complexity index is 557. The summed E-state index contributed by atoms with van der Waals surface area (Å²) in [5.41, 5.74) is 0.892. The number of nitrogens with zero attached hydrogens (tertiary/aromatic N) is 5. The molecule has 6 heteroatoms. The third kappa shape index (κ3) is 2.68. The summed E-state index contributed by atoms with van der Waals surface area (Å²) in [6, 6.07) is 9.82. The van der Waals surface area contributed by atoms with E-state index in [4.69, 9.17) is 5.26 Å². The van der Waals surface area contributed by atoms with E-state index in [0.717, 1.165) is 10.0 Å². The first-order valence-corrected chi connectivity index (χ1v) is 5.92. The lowest BCUT2D eigenvalue weighted by molar-refractivity contribution is 0.463. The molecule has 2 aromatic rings. The Labute approximate surface area is 107 Å². The molecule has 1 aromatic carbocycles. The van der Waals surface area contributed by atoms with E-state index in [1.807, 2.05) is 31.2 Å². The monoisotopic (exact) mass is 291 g/mol. The number of hydrogen-bond donors (Lipinski definition) is 0. The molecule has 1 atom stereocenters. The van der Waals surface area contributed by atoms with Crippen LogP contribution in [0.4, 0.5) is 0 Å². The number of benzene rings is 1. The smallest absolute Gasteiger partial charge is 0.198 e. The van der Waals surface area contributed by atoms with Crippen molar-refractivity contribution in [3.63, 3.8) is 0 Å². The van der Waals surface area contributed by atoms with Gasteiger partial charge in [-0.25, -0.2) is 0 Å². The topological polar surface area (TPSA) is 67.4 Å². The van der Waals surface area contributed by atoms with Gasteiger partial charge in [0, 0.05) is 10.0 Å². The van der Waals surface area contributed by atoms with Crippen molar-refractivity contribution in [2.75, 3.05) is 0 Å². The second kappa shape index (κ2) is 5.06. The molecular formula is C11H10BrN5. The molecule has 0 aliphatic heterocycles. The van der Waals surface area contributed by atoms with Crippen molar-refractivity contribution >= 4 is 15.9 Å². The molecule has 0 saturated carbocycles. The fraction of sp³-hybridized carbons (Fsp3) is 0.273. The minimum Gasteiger partial charge on any atom is -0.198 e. The summed E-state index contributed by atoms with van der Waals surface area (Å²) < 4.78 is 0.924. The van der Waals surface area contributed by atoms with E-state index in [1.165, 1.54) is 4.80 Å². The summed E-state index contributed by atoms with van der Waals surface area (Å²) in [7, 11) is 0. The second-order valence-corrected chi connectivity index (χ2v) is 4.53. The van der Waals surface area contributed by atoms with E-state index in [1.54, 1.807) is 0 Å². The zero-order chi connectivity index (χ0) is 12.3. The predicted molar refractivity (Wildman–Crippen MR) is 65.7 cm³/mol. The van der Waals surface area contributed by atoms with E-state index in [0.29, 0.717) is 12.4 Å². The van der Waals surface area contributed by atoms with Gasteiger partial charge in [-0.05, 0) is 24.3 Å². The van der Waals surface area contributed by atoms with Gasteiger partial charge >= 0.3 is 0 Å². The maximum absolute atomic E-state index is 8.72. The number of halogens is 1. The molecule has 0 amide bonds. The summed E-state index contributed by atoms with van der Waals surface area (Å²) in [4.78, 5) is 1.45. The molecule has 1 aromatic heterocycles. The lowest BCUT2D eigenvalue weighted by Crippen LogP contribution is -2.09. The molecule has 5 nitrogen and oxygen atoms in total. The Morgan fingerprint density at radius 3 is 2.94 bits per heavy atom. The highest BCUT2D eigenvalue weighted by Gasteiger charge is 2.10. The molecule has 86 valence electrons. The molecule has 0 spiro atoms. The summed E-state index contributed by atoms with van der Waals surface area (Å²) in [6.07, 6.45) is 0. The van der Waals surface area contributed by atoms with Crippen LogP contribution in [0.2, 0.25) is 0 Å². The second-order valence-electron chi connectivity index (χ2n) is 3.68. The molecule has 17 heavy (non-hydrogen) atoms. The van der Waals surface area contributed by atoms with Gasteiger partial charge < -0.3 is 0 Å². The summed E-state index contributed by atoms with van der Waals surface area (Å²) in [6.45, 7) is 2.27. The number of tetrazole rings is 1. The van der Waals surface area contributed by atoms with Gasteiger partial charge in [-0.2, -0.15) is 10.1 Å². The molecule has 0 N–H and O–H groups in total. The van der Waals surface area contributed by atoms with E-state index in [9.17, 15) is 0 Å². The van der Waals surface area contributed by atoms with Gasteiger partial charge in [0.2, 0.25) is 5.82 Å². The third-order valence-corrected chi connectivity index (χ3v) is 2.92. The first-order valence-electron chi connectivity index (χ1n) is 5.13. The van der Waals surface area contributed by atoms with Crippen LogP contribution < -0.4 is 0 Å². The molecule has 0 aliphatic carbocycles. The summed E-state index contributed by atoms with van der Waals surface area (Å²) in [5.74, 6) is 0.430. The molecule has 0 aliphatic rings. The Hall–Kier alpha value is -1.74. The SMILES string of the molecule is C[C@H](C#N)Cn1nnc(-c2ccccc2Br)n1. The van der Waals surface area contributed by atoms with Crippen LogP contribution in [0.3, 0.4) is 0 Å². The fourth-order valence-electron chi connectivity index (χ4n) is 1.36. The Morgan fingerprint density at radius 2 is 2.24 bits per heavy atom. The minimum absolute atomic E-state index is 0.128. The van der Waals surface area contributed by atoms with Crippen LogP contribution in [0, 0.1) is 17.2 Å². The number of aromatic nitrogens is 4. The van der Waals surface area contributed by atoms with E-state index in [-0.39, 0.29) is 5.92 Å². The van der Waals surface area contributed by atoms with Crippen molar-refractivity contribution in [2.45, 2.75) is 13.5 Å². The van der Waals surface area contributed by atoms with Crippen molar-refractivity contribution in [3.05, 3.63) is 28.7 Å². The molecule has 0 fully saturated rings. The molecule has 1 heterocycles. The lowest BCUT2D eigenvalue weighted by Gasteiger charge is -1.99. The van der Waals surface area contributed by atoms with Crippen molar-refractivity contribution in [2.24, 2.45) is 5.92 Å². The average molecular weight is 292 g/mol. The van der Waals surface area contributed by atoms with Crippen molar-refractivity contribution < 1.29 is 0 Å². The highest BCUT2D eigenvalue weighted by Crippen LogP contribution is 2.24. The molecule has 2 rings (SSSR count). The molecular weight excluding hydrogens is 282 g/mol. The van der Waals surface area contributed by atoms with Crippen LogP contribution in [-0.4, -0.2) is 20.2 Å². The maximum Gasteiger partial charge on any atom is 0.206 e. The van der Waals surface area contributed by atoms with Crippen LogP contribution in [0.25, 0.3) is 11.4 Å². The average Bonchev–Trinajstić information content (AvgIpc) is 2.78. The van der Waals surface area contributed by atoms with Crippen LogP contribution in [0.5, 0.6) is 0 Å². The highest BCUT2D eigenvalue weighted by molar-refractivity contribution is 9.10. The highest BCUT2D eigenvalue weighted by atomic mass is 79.9. The molecule has 0 radical (unpaired) electrons. The third-order valence-electron chi connectivity index (χ3n) is 2.23. The van der Waals surface area contributed by atoms with Crippen molar-refractivity contribution in [1.82, 2.24) is 20.2 Å². The van der Waals surface area contributed by atoms with Crippen molar-refractivity contribution in [1.29, 1.82) is 5.26 Å². The van der Waals surface area contributed by atoms with Crippen LogP contribution >= 0.6 is 15.9 Å². The lowest BCUT2D eigenvalue weighted by atomic mass is 10.2. The Balaban J connectivity index is 2.25. The van der Waals surface area contributed by atoms with Gasteiger partial charge in [0.25, 0.3) is 0 Å². The van der Waals surface area contributed by atoms with Crippen LogP contribution in [0.15, 0.2) is 28.7 Å². The van der Waals surface area contributed by atoms with Gasteiger partial charge in [-0.1, -0.05) is 28.1 Å². The fourth-order valence-corrected chi connectivity index (χ4v) is 1.82. The zero-order valence-corrected chi connectivity index (χ0v) is 10.8. The van der Waals surface area contributed by atoms with Crippen LogP contribution in [0.1, 0.15) is 6.92 Å². The van der Waals surface area contributed by atoms with Crippen LogP contribution in [-0.2, 0) is 6.54 Å². The number of hydrogen-bond acceptors (Lipinski definition) is 4. The van der Waals surface area contributed by atoms with Crippen molar-refractivity contribution in [3.8, 4) is 17.5 Å². The Morgan fingerprint density at radius 1 is 1.47 bits per heavy atom. The van der Waals surface area contributed by atoms with E-state index >= 15 is 0 Å². The Kier molecular flexibility index (Phi) is 3.49. The zero-order valence-electron chi connectivity index (χ0n) is 9.21. The van der Waals surface area contributed by atoms with Gasteiger partial charge in [0.05, 0.1) is 18.5 Å². The van der Waals surface area contributed by atoms with Gasteiger partial charge in [-0.3, -0.25) is 0 Å². The molecule has 0 bridgehead atoms. The standard InChI is InChI=1S/C11H10BrN5/c1-8(6-13)7-17-15-11(14-16-17)9-4-2-3-5-10(9)12/h2-5,8H,7H2,1H3/t8-/m1/s1. The molecule has 0 saturated heterocycles. The van der Waals surface area contributed by atoms with Gasteiger partial charge in [-0.15, -0.1) is 10.2 Å². The molecule has 0 unspecified atom stereocenters. The summed E-state index contributed by atoms with van der Waals surface area (Å²) in [5, 5.41) is 20.9. The van der Waals surface area contributed by atoms with Gasteiger partial charge in [0.1, 0.15) is 0 Å².